The third kappa shape index (κ3) is 2.85. The molecule has 0 amide bonds. The first-order valence-corrected chi connectivity index (χ1v) is 6.91. The standard InChI is InChI=1S/C13H19NOS/c1-10-7-12(15-2)3-4-13(10)14-8-11-5-6-16-9-11/h3-4,7,11,14H,5-6,8-9H2,1-2H3. The van der Waals surface area contributed by atoms with E-state index in [1.165, 1.54) is 29.2 Å². The molecule has 0 spiro atoms. The largest absolute Gasteiger partial charge is 0.497 e. The molecule has 0 bridgehead atoms. The van der Waals surface area contributed by atoms with Crippen LogP contribution in [0, 0.1) is 12.8 Å². The summed E-state index contributed by atoms with van der Waals surface area (Å²) in [5.74, 6) is 4.40. The monoisotopic (exact) mass is 237 g/mol. The zero-order valence-electron chi connectivity index (χ0n) is 9.95. The average Bonchev–Trinajstić information content (AvgIpc) is 2.80. The van der Waals surface area contributed by atoms with Gasteiger partial charge in [0, 0.05) is 12.2 Å². The van der Waals surface area contributed by atoms with E-state index in [0.29, 0.717) is 0 Å². The van der Waals surface area contributed by atoms with Gasteiger partial charge in [-0.3, -0.25) is 0 Å². The second-order valence-corrected chi connectivity index (χ2v) is 5.44. The molecule has 88 valence electrons. The van der Waals surface area contributed by atoms with Crippen molar-refractivity contribution in [3.05, 3.63) is 23.8 Å². The zero-order valence-corrected chi connectivity index (χ0v) is 10.8. The highest BCUT2D eigenvalue weighted by Crippen LogP contribution is 2.25. The minimum atomic E-state index is 0.839. The van der Waals surface area contributed by atoms with Crippen LogP contribution in [0.3, 0.4) is 0 Å². The quantitative estimate of drug-likeness (QED) is 0.869. The lowest BCUT2D eigenvalue weighted by Crippen LogP contribution is -2.13. The summed E-state index contributed by atoms with van der Waals surface area (Å²) in [7, 11) is 1.71. The predicted molar refractivity (Wildman–Crippen MR) is 71.7 cm³/mol. The molecule has 0 saturated carbocycles. The maximum Gasteiger partial charge on any atom is 0.119 e. The van der Waals surface area contributed by atoms with Crippen LogP contribution < -0.4 is 10.1 Å². The third-order valence-electron chi connectivity index (χ3n) is 3.04. The number of rotatable bonds is 4. The molecule has 2 rings (SSSR count). The molecular formula is C13H19NOS. The molecule has 1 fully saturated rings. The molecule has 1 atom stereocenters. The van der Waals surface area contributed by atoms with E-state index in [1.807, 2.05) is 6.07 Å². The van der Waals surface area contributed by atoms with Crippen molar-refractivity contribution in [2.45, 2.75) is 13.3 Å². The maximum absolute atomic E-state index is 5.20. The number of nitrogens with one attached hydrogen (secondary N) is 1. The number of anilines is 1. The maximum atomic E-state index is 5.20. The molecule has 1 unspecified atom stereocenters. The summed E-state index contributed by atoms with van der Waals surface area (Å²) in [6.45, 7) is 3.22. The molecule has 1 heterocycles. The molecule has 3 heteroatoms. The van der Waals surface area contributed by atoms with Crippen molar-refractivity contribution >= 4 is 17.4 Å². The van der Waals surface area contributed by atoms with Gasteiger partial charge in [0.1, 0.15) is 5.75 Å². The smallest absolute Gasteiger partial charge is 0.119 e. The van der Waals surface area contributed by atoms with E-state index in [1.54, 1.807) is 7.11 Å². The van der Waals surface area contributed by atoms with Crippen molar-refractivity contribution in [2.24, 2.45) is 5.92 Å². The highest BCUT2D eigenvalue weighted by atomic mass is 32.2. The number of hydrogen-bond donors (Lipinski definition) is 1. The Morgan fingerprint density at radius 1 is 1.50 bits per heavy atom. The summed E-state index contributed by atoms with van der Waals surface area (Å²) >= 11 is 2.07. The van der Waals surface area contributed by atoms with Crippen LogP contribution in [0.4, 0.5) is 5.69 Å². The summed E-state index contributed by atoms with van der Waals surface area (Å²) in [4.78, 5) is 0. The molecule has 16 heavy (non-hydrogen) atoms. The highest BCUT2D eigenvalue weighted by molar-refractivity contribution is 7.99. The molecule has 0 aliphatic carbocycles. The average molecular weight is 237 g/mol. The summed E-state index contributed by atoms with van der Waals surface area (Å²) in [5, 5.41) is 3.54. The van der Waals surface area contributed by atoms with Crippen LogP contribution in [0.15, 0.2) is 18.2 Å². The van der Waals surface area contributed by atoms with Crippen molar-refractivity contribution in [3.8, 4) is 5.75 Å². The molecular weight excluding hydrogens is 218 g/mol. The van der Waals surface area contributed by atoms with Crippen LogP contribution in [0.2, 0.25) is 0 Å². The Bertz CT molecular complexity index is 348. The molecule has 1 aromatic rings. The Labute approximate surface area is 102 Å². The Kier molecular flexibility index (Phi) is 3.99. The number of ether oxygens (including phenoxy) is 1. The number of hydrogen-bond acceptors (Lipinski definition) is 3. The number of aryl methyl sites for hydroxylation is 1. The Morgan fingerprint density at radius 2 is 2.38 bits per heavy atom. The van der Waals surface area contributed by atoms with E-state index in [9.17, 15) is 0 Å². The van der Waals surface area contributed by atoms with Crippen LogP contribution in [0.25, 0.3) is 0 Å². The van der Waals surface area contributed by atoms with Gasteiger partial charge in [-0.15, -0.1) is 0 Å². The molecule has 1 N–H and O–H groups in total. The van der Waals surface area contributed by atoms with E-state index >= 15 is 0 Å². The lowest BCUT2D eigenvalue weighted by atomic mass is 10.1. The van der Waals surface area contributed by atoms with Crippen molar-refractivity contribution in [1.29, 1.82) is 0 Å². The van der Waals surface area contributed by atoms with E-state index in [4.69, 9.17) is 4.74 Å². The number of thioether (sulfide) groups is 1. The van der Waals surface area contributed by atoms with Gasteiger partial charge in [0.2, 0.25) is 0 Å². The Balaban J connectivity index is 1.93. The van der Waals surface area contributed by atoms with E-state index in [2.05, 4.69) is 36.1 Å². The van der Waals surface area contributed by atoms with Crippen LogP contribution in [0.1, 0.15) is 12.0 Å². The van der Waals surface area contributed by atoms with Gasteiger partial charge in [-0.2, -0.15) is 11.8 Å². The molecule has 1 saturated heterocycles. The highest BCUT2D eigenvalue weighted by Gasteiger charge is 2.15. The first-order chi connectivity index (χ1) is 7.79. The van der Waals surface area contributed by atoms with Crippen molar-refractivity contribution in [3.63, 3.8) is 0 Å². The predicted octanol–water partition coefficient (Wildman–Crippen LogP) is 3.17. The molecule has 1 aliphatic rings. The second-order valence-electron chi connectivity index (χ2n) is 4.29. The SMILES string of the molecule is COc1ccc(NCC2CCSC2)c(C)c1. The summed E-state index contributed by atoms with van der Waals surface area (Å²) in [6.07, 6.45) is 1.35. The number of methoxy groups -OCH3 is 1. The van der Waals surface area contributed by atoms with Gasteiger partial charge in [-0.1, -0.05) is 0 Å². The summed E-state index contributed by atoms with van der Waals surface area (Å²) < 4.78 is 5.20. The van der Waals surface area contributed by atoms with Gasteiger partial charge in [0.15, 0.2) is 0 Å². The van der Waals surface area contributed by atoms with Crippen LogP contribution in [-0.4, -0.2) is 25.2 Å². The zero-order chi connectivity index (χ0) is 11.4. The Hall–Kier alpha value is -0.830. The van der Waals surface area contributed by atoms with Gasteiger partial charge in [-0.05, 0) is 54.5 Å². The van der Waals surface area contributed by atoms with Gasteiger partial charge in [0.25, 0.3) is 0 Å². The molecule has 1 aromatic carbocycles. The first kappa shape index (κ1) is 11.6. The summed E-state index contributed by atoms with van der Waals surface area (Å²) in [5.41, 5.74) is 2.49. The third-order valence-corrected chi connectivity index (χ3v) is 4.27. The minimum Gasteiger partial charge on any atom is -0.497 e. The van der Waals surface area contributed by atoms with Gasteiger partial charge in [-0.25, -0.2) is 0 Å². The lowest BCUT2D eigenvalue weighted by Gasteiger charge is -2.14. The second kappa shape index (κ2) is 5.48. The van der Waals surface area contributed by atoms with Gasteiger partial charge >= 0.3 is 0 Å². The van der Waals surface area contributed by atoms with Crippen LogP contribution >= 0.6 is 11.8 Å². The van der Waals surface area contributed by atoms with E-state index in [-0.39, 0.29) is 0 Å². The fourth-order valence-electron chi connectivity index (χ4n) is 1.96. The van der Waals surface area contributed by atoms with Crippen molar-refractivity contribution in [1.82, 2.24) is 0 Å². The fourth-order valence-corrected chi connectivity index (χ4v) is 3.24. The fraction of sp³-hybridized carbons (Fsp3) is 0.538. The van der Waals surface area contributed by atoms with Crippen molar-refractivity contribution in [2.75, 3.05) is 30.5 Å². The van der Waals surface area contributed by atoms with Gasteiger partial charge < -0.3 is 10.1 Å². The van der Waals surface area contributed by atoms with Gasteiger partial charge in [0.05, 0.1) is 7.11 Å². The number of benzene rings is 1. The van der Waals surface area contributed by atoms with E-state index in [0.717, 1.165) is 18.2 Å². The summed E-state index contributed by atoms with van der Waals surface area (Å²) in [6, 6.07) is 6.20. The molecule has 2 nitrogen and oxygen atoms in total. The van der Waals surface area contributed by atoms with Crippen LogP contribution in [-0.2, 0) is 0 Å². The molecule has 0 aromatic heterocycles. The lowest BCUT2D eigenvalue weighted by molar-refractivity contribution is 0.414. The molecule has 1 aliphatic heterocycles. The molecule has 0 radical (unpaired) electrons. The normalized spacial score (nSPS) is 19.8. The first-order valence-electron chi connectivity index (χ1n) is 5.76. The minimum absolute atomic E-state index is 0.839. The van der Waals surface area contributed by atoms with E-state index < -0.39 is 0 Å². The van der Waals surface area contributed by atoms with Crippen molar-refractivity contribution < 1.29 is 4.74 Å². The Morgan fingerprint density at radius 3 is 3.00 bits per heavy atom. The topological polar surface area (TPSA) is 21.3 Å². The van der Waals surface area contributed by atoms with Crippen LogP contribution in [0.5, 0.6) is 5.75 Å².